The molecule has 0 aromatic heterocycles. The van der Waals surface area contributed by atoms with Crippen LogP contribution in [0, 0.1) is 12.8 Å². The highest BCUT2D eigenvalue weighted by atomic mass is 32.2. The molecule has 0 radical (unpaired) electrons. The summed E-state index contributed by atoms with van der Waals surface area (Å²) in [5.74, 6) is 0.571. The molecule has 1 aliphatic heterocycles. The van der Waals surface area contributed by atoms with Gasteiger partial charge < -0.3 is 10.2 Å². The van der Waals surface area contributed by atoms with E-state index in [0.717, 1.165) is 24.3 Å². The number of hydrogen-bond donors (Lipinski definition) is 2. The Bertz CT molecular complexity index is 601. The largest absolute Gasteiger partial charge is 0.382 e. The molecule has 2 atom stereocenters. The van der Waals surface area contributed by atoms with E-state index in [1.54, 1.807) is 18.2 Å². The summed E-state index contributed by atoms with van der Waals surface area (Å²) in [4.78, 5) is 2.50. The number of aryl methyl sites for hydroxylation is 1. The fraction of sp³-hybridized carbons (Fsp3) is 0.600. The molecular formula is C15H25N3O2S. The van der Waals surface area contributed by atoms with Gasteiger partial charge in [-0.05, 0) is 63.9 Å². The SMILES string of the molecule is Cc1ccc(S(N)(=O)=O)cc1NC(C)C1CCCN(C)C1. The summed E-state index contributed by atoms with van der Waals surface area (Å²) < 4.78 is 22.9. The zero-order valence-electron chi connectivity index (χ0n) is 13.0. The van der Waals surface area contributed by atoms with Crippen LogP contribution in [0.2, 0.25) is 0 Å². The lowest BCUT2D eigenvalue weighted by atomic mass is 9.91. The molecule has 0 amide bonds. The summed E-state index contributed by atoms with van der Waals surface area (Å²) in [6.45, 7) is 6.35. The average Bonchev–Trinajstić information content (AvgIpc) is 2.40. The number of rotatable bonds is 4. The van der Waals surface area contributed by atoms with Crippen LogP contribution in [0.4, 0.5) is 5.69 Å². The third-order valence-corrected chi connectivity index (χ3v) is 5.20. The lowest BCUT2D eigenvalue weighted by molar-refractivity contribution is 0.197. The van der Waals surface area contributed by atoms with Crippen LogP contribution in [0.15, 0.2) is 23.1 Å². The van der Waals surface area contributed by atoms with Crippen LogP contribution in [0.1, 0.15) is 25.3 Å². The Hall–Kier alpha value is -1.11. The number of hydrogen-bond acceptors (Lipinski definition) is 4. The molecule has 1 fully saturated rings. The lowest BCUT2D eigenvalue weighted by Crippen LogP contribution is -2.40. The predicted octanol–water partition coefficient (Wildman–Crippen LogP) is 1.78. The normalized spacial score (nSPS) is 22.0. The number of nitrogens with one attached hydrogen (secondary N) is 1. The second-order valence-electron chi connectivity index (χ2n) is 6.12. The molecule has 6 heteroatoms. The summed E-state index contributed by atoms with van der Waals surface area (Å²) in [5, 5.41) is 8.67. The van der Waals surface area contributed by atoms with Crippen LogP contribution in [0.3, 0.4) is 0 Å². The third kappa shape index (κ3) is 4.18. The molecule has 21 heavy (non-hydrogen) atoms. The van der Waals surface area contributed by atoms with Crippen LogP contribution in [0.25, 0.3) is 0 Å². The minimum absolute atomic E-state index is 0.156. The Morgan fingerprint density at radius 3 is 2.76 bits per heavy atom. The maximum Gasteiger partial charge on any atom is 0.238 e. The van der Waals surface area contributed by atoms with Crippen molar-refractivity contribution in [3.63, 3.8) is 0 Å². The van der Waals surface area contributed by atoms with E-state index in [9.17, 15) is 8.42 Å². The lowest BCUT2D eigenvalue weighted by Gasteiger charge is -2.34. The summed E-state index contributed by atoms with van der Waals surface area (Å²) in [6.07, 6.45) is 2.41. The first-order valence-electron chi connectivity index (χ1n) is 7.36. The number of nitrogens with zero attached hydrogens (tertiary/aromatic N) is 1. The molecule has 1 aromatic rings. The standard InChI is InChI=1S/C15H25N3O2S/c1-11-6-7-14(21(16,19)20)9-15(11)17-12(2)13-5-4-8-18(3)10-13/h6-7,9,12-13,17H,4-5,8,10H2,1-3H3,(H2,16,19,20). The minimum atomic E-state index is -3.66. The molecule has 1 saturated heterocycles. The highest BCUT2D eigenvalue weighted by Crippen LogP contribution is 2.25. The Labute approximate surface area is 127 Å². The molecular weight excluding hydrogens is 286 g/mol. The van der Waals surface area contributed by atoms with E-state index in [-0.39, 0.29) is 4.90 Å². The van der Waals surface area contributed by atoms with Crippen molar-refractivity contribution < 1.29 is 8.42 Å². The molecule has 0 bridgehead atoms. The zero-order valence-corrected chi connectivity index (χ0v) is 13.8. The highest BCUT2D eigenvalue weighted by molar-refractivity contribution is 7.89. The van der Waals surface area contributed by atoms with Crippen LogP contribution in [0.5, 0.6) is 0 Å². The fourth-order valence-corrected chi connectivity index (χ4v) is 3.45. The summed E-state index contributed by atoms with van der Waals surface area (Å²) >= 11 is 0. The summed E-state index contributed by atoms with van der Waals surface area (Å²) in [6, 6.07) is 5.27. The van der Waals surface area contributed by atoms with Crippen LogP contribution in [-0.4, -0.2) is 39.5 Å². The highest BCUT2D eigenvalue weighted by Gasteiger charge is 2.23. The molecule has 0 aliphatic carbocycles. The van der Waals surface area contributed by atoms with Crippen molar-refractivity contribution in [3.8, 4) is 0 Å². The van der Waals surface area contributed by atoms with Gasteiger partial charge in [0.2, 0.25) is 10.0 Å². The monoisotopic (exact) mass is 311 g/mol. The molecule has 1 aliphatic rings. The average molecular weight is 311 g/mol. The van der Waals surface area contributed by atoms with Gasteiger partial charge in [-0.25, -0.2) is 13.6 Å². The molecule has 0 spiro atoms. The van der Waals surface area contributed by atoms with Crippen LogP contribution < -0.4 is 10.5 Å². The van der Waals surface area contributed by atoms with Crippen LogP contribution >= 0.6 is 0 Å². The van der Waals surface area contributed by atoms with Gasteiger partial charge in [0.15, 0.2) is 0 Å². The number of nitrogens with two attached hydrogens (primary N) is 1. The van der Waals surface area contributed by atoms with E-state index < -0.39 is 10.0 Å². The van der Waals surface area contributed by atoms with E-state index in [2.05, 4.69) is 24.2 Å². The van der Waals surface area contributed by atoms with Crippen molar-refractivity contribution in [2.24, 2.45) is 11.1 Å². The Morgan fingerprint density at radius 1 is 1.43 bits per heavy atom. The van der Waals surface area contributed by atoms with Crippen molar-refractivity contribution in [2.75, 3.05) is 25.5 Å². The quantitative estimate of drug-likeness (QED) is 0.889. The van der Waals surface area contributed by atoms with Gasteiger partial charge in [0.1, 0.15) is 0 Å². The van der Waals surface area contributed by atoms with Gasteiger partial charge in [-0.3, -0.25) is 0 Å². The van der Waals surface area contributed by atoms with Crippen molar-refractivity contribution in [1.29, 1.82) is 0 Å². The number of likely N-dealkylation sites (tertiary alicyclic amines) is 1. The minimum Gasteiger partial charge on any atom is -0.382 e. The van der Waals surface area contributed by atoms with Crippen molar-refractivity contribution in [3.05, 3.63) is 23.8 Å². The molecule has 3 N–H and O–H groups in total. The van der Waals surface area contributed by atoms with E-state index in [1.165, 1.54) is 12.8 Å². The molecule has 2 unspecified atom stereocenters. The van der Waals surface area contributed by atoms with Gasteiger partial charge in [0.05, 0.1) is 4.90 Å². The zero-order chi connectivity index (χ0) is 15.6. The topological polar surface area (TPSA) is 75.4 Å². The van der Waals surface area contributed by atoms with Gasteiger partial charge in [-0.1, -0.05) is 6.07 Å². The van der Waals surface area contributed by atoms with Crippen molar-refractivity contribution in [1.82, 2.24) is 4.90 Å². The molecule has 5 nitrogen and oxygen atoms in total. The number of anilines is 1. The first-order chi connectivity index (χ1) is 9.77. The van der Waals surface area contributed by atoms with Crippen LogP contribution in [-0.2, 0) is 10.0 Å². The van der Waals surface area contributed by atoms with Gasteiger partial charge >= 0.3 is 0 Å². The smallest absolute Gasteiger partial charge is 0.238 e. The first kappa shape index (κ1) is 16.3. The van der Waals surface area contributed by atoms with E-state index in [1.807, 2.05) is 6.92 Å². The first-order valence-corrected chi connectivity index (χ1v) is 8.90. The Morgan fingerprint density at radius 2 is 2.14 bits per heavy atom. The van der Waals surface area contributed by atoms with Gasteiger partial charge in [-0.2, -0.15) is 0 Å². The number of sulfonamides is 1. The molecule has 1 aromatic carbocycles. The van der Waals surface area contributed by atoms with Crippen molar-refractivity contribution in [2.45, 2.75) is 37.6 Å². The maximum atomic E-state index is 11.5. The van der Waals surface area contributed by atoms with E-state index >= 15 is 0 Å². The van der Waals surface area contributed by atoms with Gasteiger partial charge in [0.25, 0.3) is 0 Å². The fourth-order valence-electron chi connectivity index (χ4n) is 2.91. The molecule has 0 saturated carbocycles. The van der Waals surface area contributed by atoms with Gasteiger partial charge in [-0.15, -0.1) is 0 Å². The summed E-state index contributed by atoms with van der Waals surface area (Å²) in [5.41, 5.74) is 1.88. The maximum absolute atomic E-state index is 11.5. The molecule has 1 heterocycles. The van der Waals surface area contributed by atoms with Gasteiger partial charge in [0, 0.05) is 18.3 Å². The van der Waals surface area contributed by atoms with E-state index in [4.69, 9.17) is 5.14 Å². The summed E-state index contributed by atoms with van der Waals surface area (Å²) in [7, 11) is -1.52. The van der Waals surface area contributed by atoms with Crippen molar-refractivity contribution >= 4 is 15.7 Å². The molecule has 2 rings (SSSR count). The van der Waals surface area contributed by atoms with E-state index in [0.29, 0.717) is 12.0 Å². The second-order valence-corrected chi connectivity index (χ2v) is 7.68. The third-order valence-electron chi connectivity index (χ3n) is 4.29. The Kier molecular flexibility index (Phi) is 4.91. The number of benzene rings is 1. The second kappa shape index (κ2) is 6.34. The Balaban J connectivity index is 2.15. The number of piperidine rings is 1. The molecule has 118 valence electrons. The number of primary sulfonamides is 1. The predicted molar refractivity (Wildman–Crippen MR) is 85.9 cm³/mol.